The molecule has 0 spiro atoms. The molecule has 0 saturated carbocycles. The maximum atomic E-state index is 13.6. The number of amidine groups is 1. The van der Waals surface area contributed by atoms with E-state index in [-0.39, 0.29) is 23.4 Å². The highest BCUT2D eigenvalue weighted by atomic mass is 32.3. The van der Waals surface area contributed by atoms with Crippen LogP contribution in [0.3, 0.4) is 0 Å². The number of hydrogen-bond donors (Lipinski definition) is 5. The van der Waals surface area contributed by atoms with E-state index < -0.39 is 10.8 Å². The van der Waals surface area contributed by atoms with Crippen LogP contribution in [0.25, 0.3) is 0 Å². The summed E-state index contributed by atoms with van der Waals surface area (Å²) in [5, 5.41) is 17.5. The normalized spacial score (nSPS) is 17.8. The van der Waals surface area contributed by atoms with Crippen molar-refractivity contribution in [2.75, 3.05) is 18.6 Å². The number of hydrogen-bond acceptors (Lipinski definition) is 9. The van der Waals surface area contributed by atoms with Crippen LogP contribution in [-0.4, -0.2) is 49.0 Å². The van der Waals surface area contributed by atoms with E-state index in [1.807, 2.05) is 5.48 Å². The molecule has 2 aromatic rings. The second-order valence-corrected chi connectivity index (χ2v) is 9.02. The number of aryl methyl sites for hydroxylation is 1. The van der Waals surface area contributed by atoms with Gasteiger partial charge in [-0.2, -0.15) is 0 Å². The van der Waals surface area contributed by atoms with E-state index in [1.54, 1.807) is 6.07 Å². The number of fused-ring (bicyclic) bond motifs is 1. The summed E-state index contributed by atoms with van der Waals surface area (Å²) in [6.07, 6.45) is 2.76. The molecule has 0 fully saturated rings. The van der Waals surface area contributed by atoms with Crippen molar-refractivity contribution in [3.8, 4) is 0 Å². The van der Waals surface area contributed by atoms with Gasteiger partial charge in [0.15, 0.2) is 16.6 Å². The van der Waals surface area contributed by atoms with Crippen molar-refractivity contribution in [3.63, 3.8) is 0 Å². The second kappa shape index (κ2) is 8.54. The lowest BCUT2D eigenvalue weighted by molar-refractivity contribution is 0.233. The molecule has 5 N–H and O–H groups in total. The fourth-order valence-electron chi connectivity index (χ4n) is 2.79. The summed E-state index contributed by atoms with van der Waals surface area (Å²) in [5.41, 5.74) is 4.06. The Kier molecular flexibility index (Phi) is 6.34. The fourth-order valence-corrected chi connectivity index (χ4v) is 4.16. The minimum atomic E-state index is -2.77. The lowest BCUT2D eigenvalue weighted by Crippen LogP contribution is -2.23. The van der Waals surface area contributed by atoms with Gasteiger partial charge in [0.2, 0.25) is 0 Å². The van der Waals surface area contributed by atoms with Gasteiger partial charge < -0.3 is 0 Å². The zero-order valence-electron chi connectivity index (χ0n) is 14.4. The molecule has 1 aromatic carbocycles. The highest BCUT2D eigenvalue weighted by molar-refractivity contribution is 8.22. The zero-order valence-corrected chi connectivity index (χ0v) is 16.1. The molecule has 1 unspecified atom stereocenters. The second-order valence-electron chi connectivity index (χ2n) is 5.98. The zero-order chi connectivity index (χ0) is 19.4. The van der Waals surface area contributed by atoms with Crippen molar-refractivity contribution < 1.29 is 23.3 Å². The van der Waals surface area contributed by atoms with E-state index in [0.717, 1.165) is 17.5 Å². The van der Waals surface area contributed by atoms with Crippen LogP contribution >= 0.6 is 22.5 Å². The summed E-state index contributed by atoms with van der Waals surface area (Å²) < 4.78 is 39.5. The molecule has 1 heterocycles. The van der Waals surface area contributed by atoms with Gasteiger partial charge in [-0.3, -0.25) is 24.8 Å². The first-order valence-corrected chi connectivity index (χ1v) is 11.0. The van der Waals surface area contributed by atoms with Crippen molar-refractivity contribution in [1.82, 2.24) is 20.5 Å². The number of halogens is 1. The molecule has 1 aliphatic rings. The van der Waals surface area contributed by atoms with Crippen LogP contribution < -0.4 is 10.2 Å². The molecule has 1 aliphatic carbocycles. The summed E-state index contributed by atoms with van der Waals surface area (Å²) in [4.78, 5) is 4.47. The molecule has 1 atom stereocenters. The number of nitrogens with zero attached hydrogens (tertiary/aromatic N) is 3. The van der Waals surface area contributed by atoms with Crippen LogP contribution in [0, 0.1) is 5.82 Å². The number of aromatic nitrogens is 2. The van der Waals surface area contributed by atoms with Crippen LogP contribution in [-0.2, 0) is 6.42 Å². The molecule has 0 saturated heterocycles. The molecule has 3 rings (SSSR count). The average molecular weight is 417 g/mol. The first-order valence-electron chi connectivity index (χ1n) is 8.07. The number of hydroxylamine groups is 1. The Morgan fingerprint density at radius 1 is 1.44 bits per heavy atom. The van der Waals surface area contributed by atoms with Gasteiger partial charge >= 0.3 is 0 Å². The monoisotopic (exact) mass is 417 g/mol. The SMILES string of the molecule is CS(O)(O)NCCSc1nonc1C(=NC1CCc2ccc(F)cc21)NO. The molecule has 9 nitrogen and oxygen atoms in total. The Bertz CT molecular complexity index is 827. The summed E-state index contributed by atoms with van der Waals surface area (Å²) >= 11 is 1.25. The van der Waals surface area contributed by atoms with Crippen molar-refractivity contribution in [2.45, 2.75) is 23.9 Å². The molecular formula is C15H20FN5O4S2. The molecule has 12 heteroatoms. The first-order chi connectivity index (χ1) is 12.9. The molecule has 0 aliphatic heterocycles. The summed E-state index contributed by atoms with van der Waals surface area (Å²) in [5.74, 6) is 0.206. The molecule has 0 radical (unpaired) electrons. The Morgan fingerprint density at radius 2 is 2.26 bits per heavy atom. The van der Waals surface area contributed by atoms with Crippen LogP contribution in [0.1, 0.15) is 29.3 Å². The van der Waals surface area contributed by atoms with E-state index in [2.05, 4.69) is 20.0 Å². The average Bonchev–Trinajstić information content (AvgIpc) is 3.22. The van der Waals surface area contributed by atoms with E-state index in [9.17, 15) is 18.7 Å². The van der Waals surface area contributed by atoms with Gasteiger partial charge in [0, 0.05) is 18.6 Å². The first kappa shape index (κ1) is 20.0. The molecule has 1 aromatic heterocycles. The van der Waals surface area contributed by atoms with E-state index in [1.165, 1.54) is 30.2 Å². The third kappa shape index (κ3) is 5.18. The number of benzene rings is 1. The van der Waals surface area contributed by atoms with Crippen molar-refractivity contribution in [1.29, 1.82) is 0 Å². The van der Waals surface area contributed by atoms with Crippen molar-refractivity contribution in [3.05, 3.63) is 40.8 Å². The van der Waals surface area contributed by atoms with Gasteiger partial charge in [-0.15, -0.1) is 10.8 Å². The van der Waals surface area contributed by atoms with Gasteiger partial charge in [0.05, 0.1) is 6.04 Å². The van der Waals surface area contributed by atoms with Gasteiger partial charge in [-0.05, 0) is 46.4 Å². The van der Waals surface area contributed by atoms with Gasteiger partial charge in [-0.1, -0.05) is 17.8 Å². The minimum absolute atomic E-state index is 0.0774. The number of rotatable bonds is 7. The molecular weight excluding hydrogens is 397 g/mol. The van der Waals surface area contributed by atoms with E-state index in [0.29, 0.717) is 23.7 Å². The maximum absolute atomic E-state index is 13.6. The highest BCUT2D eigenvalue weighted by Crippen LogP contribution is 2.35. The van der Waals surface area contributed by atoms with Crippen LogP contribution in [0.2, 0.25) is 0 Å². The summed E-state index contributed by atoms with van der Waals surface area (Å²) in [7, 11) is -2.77. The molecule has 0 bridgehead atoms. The van der Waals surface area contributed by atoms with Gasteiger partial charge in [0.1, 0.15) is 5.82 Å². The number of aliphatic imine (C=N–C) groups is 1. The standard InChI is InChI=1S/C15H20FN5O4S2/c1-27(23,24)17-6-7-26-15-13(20-25-21-15)14(19-22)18-12-5-3-9-2-4-10(16)8-11(9)12/h2,4,8,12,17,22-24H,3,5-7H2,1H3,(H,18,19). The Morgan fingerprint density at radius 3 is 3.00 bits per heavy atom. The van der Waals surface area contributed by atoms with Crippen LogP contribution in [0.4, 0.5) is 4.39 Å². The molecule has 0 amide bonds. The minimum Gasteiger partial charge on any atom is -0.290 e. The molecule has 27 heavy (non-hydrogen) atoms. The largest absolute Gasteiger partial charge is 0.290 e. The summed E-state index contributed by atoms with van der Waals surface area (Å²) in [6.45, 7) is 0.324. The van der Waals surface area contributed by atoms with Gasteiger partial charge in [-0.25, -0.2) is 13.7 Å². The molecule has 148 valence electrons. The summed E-state index contributed by atoms with van der Waals surface area (Å²) in [6, 6.07) is 4.31. The smallest absolute Gasteiger partial charge is 0.185 e. The Hall–Kier alpha value is -1.70. The van der Waals surface area contributed by atoms with Gasteiger partial charge in [0.25, 0.3) is 0 Å². The lowest BCUT2D eigenvalue weighted by atomic mass is 10.1. The predicted octanol–water partition coefficient (Wildman–Crippen LogP) is 2.60. The van der Waals surface area contributed by atoms with Crippen molar-refractivity contribution >= 4 is 28.4 Å². The topological polar surface area (TPSA) is 136 Å². The van der Waals surface area contributed by atoms with Crippen LogP contribution in [0.5, 0.6) is 0 Å². The highest BCUT2D eigenvalue weighted by Gasteiger charge is 2.25. The van der Waals surface area contributed by atoms with Crippen molar-refractivity contribution in [2.24, 2.45) is 4.99 Å². The van der Waals surface area contributed by atoms with E-state index >= 15 is 0 Å². The quantitative estimate of drug-likeness (QED) is 0.151. The number of thioether (sulfide) groups is 1. The lowest BCUT2D eigenvalue weighted by Gasteiger charge is -2.27. The number of nitrogens with one attached hydrogen (secondary N) is 2. The van der Waals surface area contributed by atoms with E-state index in [4.69, 9.17) is 4.63 Å². The maximum Gasteiger partial charge on any atom is 0.185 e. The predicted molar refractivity (Wildman–Crippen MR) is 101 cm³/mol. The third-order valence-corrected chi connectivity index (χ3v) is 5.64. The Labute approximate surface area is 160 Å². The Balaban J connectivity index is 1.73. The fraction of sp³-hybridized carbons (Fsp3) is 0.400. The third-order valence-electron chi connectivity index (χ3n) is 3.94. The van der Waals surface area contributed by atoms with Crippen LogP contribution in [0.15, 0.2) is 32.8 Å².